The Morgan fingerprint density at radius 3 is 2.64 bits per heavy atom. The molecule has 3 N–H and O–H groups in total. The number of carbonyl (C=O) groups excluding carboxylic acids is 1. The maximum Gasteiger partial charge on any atom is 0.251 e. The van der Waals surface area contributed by atoms with Gasteiger partial charge < -0.3 is 10.1 Å². The topological polar surface area (TPSA) is 98.5 Å². The number of ether oxygens (including phenoxy) is 1. The van der Waals surface area contributed by atoms with E-state index in [0.29, 0.717) is 18.5 Å². The fraction of sp³-hybridized carbons (Fsp3) is 0.235. The van der Waals surface area contributed by atoms with E-state index in [4.69, 9.17) is 9.88 Å². The molecule has 0 bridgehead atoms. The van der Waals surface area contributed by atoms with E-state index in [9.17, 15) is 17.6 Å². The molecule has 8 heteroatoms. The van der Waals surface area contributed by atoms with Gasteiger partial charge in [0.25, 0.3) is 5.91 Å². The summed E-state index contributed by atoms with van der Waals surface area (Å²) in [5, 5.41) is 7.78. The van der Waals surface area contributed by atoms with Crippen LogP contribution in [0.15, 0.2) is 47.4 Å². The Labute approximate surface area is 145 Å². The number of carbonyl (C=O) groups is 1. The summed E-state index contributed by atoms with van der Waals surface area (Å²) in [6.07, 6.45) is 0.466. The van der Waals surface area contributed by atoms with Gasteiger partial charge in [-0.2, -0.15) is 0 Å². The van der Waals surface area contributed by atoms with Crippen LogP contribution in [0.25, 0.3) is 0 Å². The zero-order chi connectivity index (χ0) is 18.4. The Bertz CT molecular complexity index is 869. The first-order valence-corrected chi connectivity index (χ1v) is 9.12. The molecule has 0 atom stereocenters. The zero-order valence-corrected chi connectivity index (χ0v) is 14.5. The minimum atomic E-state index is -3.89. The van der Waals surface area contributed by atoms with Gasteiger partial charge in [0.05, 0.1) is 11.5 Å². The van der Waals surface area contributed by atoms with Crippen molar-refractivity contribution < 1.29 is 22.3 Å². The van der Waals surface area contributed by atoms with Crippen LogP contribution >= 0.6 is 0 Å². The van der Waals surface area contributed by atoms with Crippen molar-refractivity contribution in [2.24, 2.45) is 5.14 Å². The van der Waals surface area contributed by atoms with E-state index >= 15 is 0 Å². The summed E-state index contributed by atoms with van der Waals surface area (Å²) < 4.78 is 41.6. The molecule has 0 spiro atoms. The van der Waals surface area contributed by atoms with Crippen LogP contribution in [0.5, 0.6) is 5.75 Å². The lowest BCUT2D eigenvalue weighted by atomic mass is 10.1. The molecule has 0 saturated heterocycles. The molecule has 0 aromatic heterocycles. The predicted molar refractivity (Wildman–Crippen MR) is 91.4 cm³/mol. The van der Waals surface area contributed by atoms with E-state index in [-0.39, 0.29) is 22.8 Å². The molecule has 2 rings (SSSR count). The van der Waals surface area contributed by atoms with Crippen molar-refractivity contribution >= 4 is 15.9 Å². The molecular formula is C17H19FN2O4S. The number of para-hydroxylation sites is 1. The van der Waals surface area contributed by atoms with Crippen molar-refractivity contribution in [1.29, 1.82) is 0 Å². The average molecular weight is 366 g/mol. The number of primary sulfonamides is 1. The molecule has 0 aliphatic carbocycles. The molecule has 0 aliphatic rings. The SMILES string of the molecule is Cc1ccc(C(=O)NCCCOc2ccccc2F)cc1S(N)(=O)=O. The molecular weight excluding hydrogens is 347 g/mol. The smallest absolute Gasteiger partial charge is 0.251 e. The molecule has 2 aromatic rings. The lowest BCUT2D eigenvalue weighted by Gasteiger charge is -2.09. The van der Waals surface area contributed by atoms with Gasteiger partial charge in [0.15, 0.2) is 11.6 Å². The lowest BCUT2D eigenvalue weighted by molar-refractivity contribution is 0.0951. The largest absolute Gasteiger partial charge is 0.490 e. The second-order valence-corrected chi connectivity index (χ2v) is 6.94. The average Bonchev–Trinajstić information content (AvgIpc) is 2.55. The van der Waals surface area contributed by atoms with E-state index in [2.05, 4.69) is 5.32 Å². The third-order valence-electron chi connectivity index (χ3n) is 3.46. The van der Waals surface area contributed by atoms with Crippen molar-refractivity contribution in [1.82, 2.24) is 5.32 Å². The van der Waals surface area contributed by atoms with Gasteiger partial charge in [0.1, 0.15) is 0 Å². The molecule has 25 heavy (non-hydrogen) atoms. The third kappa shape index (κ3) is 5.27. The number of sulfonamides is 1. The normalized spacial score (nSPS) is 11.2. The maximum absolute atomic E-state index is 13.4. The number of rotatable bonds is 7. The predicted octanol–water partition coefficient (Wildman–Crippen LogP) is 1.98. The summed E-state index contributed by atoms with van der Waals surface area (Å²) in [6, 6.07) is 10.4. The van der Waals surface area contributed by atoms with Crippen LogP contribution in [0.2, 0.25) is 0 Å². The molecule has 0 heterocycles. The quantitative estimate of drug-likeness (QED) is 0.732. The second-order valence-electron chi connectivity index (χ2n) is 5.41. The van der Waals surface area contributed by atoms with E-state index in [1.807, 2.05) is 0 Å². The van der Waals surface area contributed by atoms with E-state index in [0.717, 1.165) is 0 Å². The van der Waals surface area contributed by atoms with Gasteiger partial charge in [-0.1, -0.05) is 18.2 Å². The van der Waals surface area contributed by atoms with Crippen LogP contribution in [-0.4, -0.2) is 27.5 Å². The highest BCUT2D eigenvalue weighted by atomic mass is 32.2. The summed E-state index contributed by atoms with van der Waals surface area (Å²) in [5.74, 6) is -0.706. The fourth-order valence-electron chi connectivity index (χ4n) is 2.17. The Kier molecular flexibility index (Phi) is 6.11. The molecule has 0 aliphatic heterocycles. The molecule has 2 aromatic carbocycles. The minimum Gasteiger partial charge on any atom is -0.490 e. The van der Waals surface area contributed by atoms with E-state index in [1.54, 1.807) is 19.1 Å². The molecule has 0 fully saturated rings. The second kappa shape index (κ2) is 8.09. The standard InChI is InChI=1S/C17H19FN2O4S/c1-12-7-8-13(11-16(12)25(19,22)23)17(21)20-9-4-10-24-15-6-3-2-5-14(15)18/h2-3,5-8,11H,4,9-10H2,1H3,(H,20,21)(H2,19,22,23). The van der Waals surface area contributed by atoms with Crippen molar-refractivity contribution in [2.75, 3.05) is 13.2 Å². The maximum atomic E-state index is 13.4. The number of nitrogens with one attached hydrogen (secondary N) is 1. The number of halogens is 1. The molecule has 0 radical (unpaired) electrons. The van der Waals surface area contributed by atoms with E-state index < -0.39 is 21.7 Å². The van der Waals surface area contributed by atoms with Gasteiger partial charge in [-0.25, -0.2) is 17.9 Å². The Balaban J connectivity index is 1.86. The zero-order valence-electron chi connectivity index (χ0n) is 13.7. The summed E-state index contributed by atoms with van der Waals surface area (Å²) in [6.45, 7) is 2.13. The number of hydrogen-bond acceptors (Lipinski definition) is 4. The van der Waals surface area contributed by atoms with Gasteiger partial charge in [-0.15, -0.1) is 0 Å². The van der Waals surface area contributed by atoms with Crippen molar-refractivity contribution in [3.05, 3.63) is 59.4 Å². The summed E-state index contributed by atoms with van der Waals surface area (Å²) >= 11 is 0. The third-order valence-corrected chi connectivity index (χ3v) is 4.51. The van der Waals surface area contributed by atoms with Crippen LogP contribution in [-0.2, 0) is 10.0 Å². The number of benzene rings is 2. The first-order chi connectivity index (χ1) is 11.8. The van der Waals surface area contributed by atoms with Gasteiger partial charge >= 0.3 is 0 Å². The number of aryl methyl sites for hydroxylation is 1. The Hall–Kier alpha value is -2.45. The summed E-state index contributed by atoms with van der Waals surface area (Å²) in [4.78, 5) is 12.0. The first-order valence-electron chi connectivity index (χ1n) is 7.58. The highest BCUT2D eigenvalue weighted by molar-refractivity contribution is 7.89. The van der Waals surface area contributed by atoms with Crippen LogP contribution < -0.4 is 15.2 Å². The van der Waals surface area contributed by atoms with Crippen molar-refractivity contribution in [3.63, 3.8) is 0 Å². The van der Waals surface area contributed by atoms with Gasteiger partial charge in [0, 0.05) is 12.1 Å². The summed E-state index contributed by atoms with van der Waals surface area (Å²) in [5.41, 5.74) is 0.669. The molecule has 0 unspecified atom stereocenters. The number of amides is 1. The number of nitrogens with two attached hydrogens (primary N) is 1. The van der Waals surface area contributed by atoms with Crippen molar-refractivity contribution in [3.8, 4) is 5.75 Å². The fourth-order valence-corrected chi connectivity index (χ4v) is 2.98. The molecule has 0 saturated carbocycles. The monoisotopic (exact) mass is 366 g/mol. The van der Waals surface area contributed by atoms with Gasteiger partial charge in [-0.05, 0) is 43.2 Å². The molecule has 134 valence electrons. The lowest BCUT2D eigenvalue weighted by Crippen LogP contribution is -2.26. The van der Waals surface area contributed by atoms with E-state index in [1.165, 1.54) is 30.3 Å². The van der Waals surface area contributed by atoms with Crippen molar-refractivity contribution in [2.45, 2.75) is 18.2 Å². The Morgan fingerprint density at radius 2 is 1.96 bits per heavy atom. The van der Waals surface area contributed by atoms with Gasteiger partial charge in [0.2, 0.25) is 10.0 Å². The highest BCUT2D eigenvalue weighted by Crippen LogP contribution is 2.16. The van der Waals surface area contributed by atoms with Crippen LogP contribution in [0.1, 0.15) is 22.3 Å². The molecule has 1 amide bonds. The Morgan fingerprint density at radius 1 is 1.24 bits per heavy atom. The number of hydrogen-bond donors (Lipinski definition) is 2. The van der Waals surface area contributed by atoms with Gasteiger partial charge in [-0.3, -0.25) is 4.79 Å². The minimum absolute atomic E-state index is 0.0805. The first kappa shape index (κ1) is 18.9. The molecule has 6 nitrogen and oxygen atoms in total. The summed E-state index contributed by atoms with van der Waals surface area (Å²) in [7, 11) is -3.89. The van der Waals surface area contributed by atoms with Crippen LogP contribution in [0.4, 0.5) is 4.39 Å². The van der Waals surface area contributed by atoms with Crippen LogP contribution in [0, 0.1) is 12.7 Å². The van der Waals surface area contributed by atoms with Crippen LogP contribution in [0.3, 0.4) is 0 Å². The highest BCUT2D eigenvalue weighted by Gasteiger charge is 2.15.